The zero-order valence-electron chi connectivity index (χ0n) is 12.6. The molecule has 0 fully saturated rings. The van der Waals surface area contributed by atoms with Crippen LogP contribution in [0.25, 0.3) is 0 Å². The normalized spacial score (nSPS) is 12.5. The maximum Gasteiger partial charge on any atom is 0.407 e. The quantitative estimate of drug-likeness (QED) is 0.792. The number of carbonyl (C=O) groups is 2. The number of aromatic nitrogens is 1. The molecular formula is C13H19N3O5S. The fraction of sp³-hybridized carbons (Fsp3) is 0.462. The summed E-state index contributed by atoms with van der Waals surface area (Å²) in [5, 5.41) is 2.34. The third-order valence-corrected chi connectivity index (χ3v) is 4.01. The highest BCUT2D eigenvalue weighted by Gasteiger charge is 2.28. The average Bonchev–Trinajstić information content (AvgIpc) is 2.45. The molecule has 8 nitrogen and oxygen atoms in total. The molecule has 0 bridgehead atoms. The monoisotopic (exact) mass is 329 g/mol. The molecule has 0 aliphatic carbocycles. The van der Waals surface area contributed by atoms with Crippen molar-refractivity contribution in [3.8, 4) is 0 Å². The van der Waals surface area contributed by atoms with Crippen LogP contribution in [0.4, 0.5) is 4.79 Å². The van der Waals surface area contributed by atoms with Crippen molar-refractivity contribution >= 4 is 22.0 Å². The Morgan fingerprint density at radius 3 is 2.55 bits per heavy atom. The third-order valence-electron chi connectivity index (χ3n) is 2.68. The Bertz CT molecular complexity index is 616. The lowest BCUT2D eigenvalue weighted by atomic mass is 10.0. The van der Waals surface area contributed by atoms with Crippen LogP contribution in [0.1, 0.15) is 20.8 Å². The Morgan fingerprint density at radius 1 is 1.36 bits per heavy atom. The third kappa shape index (κ3) is 4.99. The first-order chi connectivity index (χ1) is 10.3. The predicted octanol–water partition coefficient (Wildman–Crippen LogP) is 0.657. The van der Waals surface area contributed by atoms with E-state index in [2.05, 4.69) is 10.3 Å². The van der Waals surface area contributed by atoms with Crippen molar-refractivity contribution in [2.45, 2.75) is 31.7 Å². The lowest BCUT2D eigenvalue weighted by molar-refractivity contribution is -0.122. The molecule has 0 spiro atoms. The summed E-state index contributed by atoms with van der Waals surface area (Å²) in [5.74, 6) is -1.17. The van der Waals surface area contributed by atoms with Crippen molar-refractivity contribution in [1.82, 2.24) is 15.0 Å². The predicted molar refractivity (Wildman–Crippen MR) is 78.3 cm³/mol. The first-order valence-corrected chi connectivity index (χ1v) is 8.16. The van der Waals surface area contributed by atoms with E-state index >= 15 is 0 Å². The number of amides is 2. The van der Waals surface area contributed by atoms with Gasteiger partial charge in [-0.25, -0.2) is 17.9 Å². The number of ether oxygens (including phenoxy) is 1. The zero-order chi connectivity index (χ0) is 16.8. The van der Waals surface area contributed by atoms with Crippen LogP contribution in [0.3, 0.4) is 0 Å². The second-order valence-electron chi connectivity index (χ2n) is 4.74. The Balaban J connectivity index is 2.85. The number of carbonyl (C=O) groups excluding carboxylic acids is 2. The van der Waals surface area contributed by atoms with Crippen LogP contribution >= 0.6 is 0 Å². The lowest BCUT2D eigenvalue weighted by Gasteiger charge is -2.21. The second kappa shape index (κ2) is 7.74. The van der Waals surface area contributed by atoms with Crippen molar-refractivity contribution in [1.29, 1.82) is 0 Å². The van der Waals surface area contributed by atoms with Gasteiger partial charge in [-0.2, -0.15) is 0 Å². The van der Waals surface area contributed by atoms with Crippen LogP contribution in [-0.4, -0.2) is 38.1 Å². The highest BCUT2D eigenvalue weighted by atomic mass is 32.2. The van der Waals surface area contributed by atoms with Gasteiger partial charge in [0.15, 0.2) is 0 Å². The Kier molecular flexibility index (Phi) is 6.29. The van der Waals surface area contributed by atoms with Crippen molar-refractivity contribution in [2.75, 3.05) is 6.61 Å². The number of nitrogens with one attached hydrogen (secondary N) is 2. The fourth-order valence-electron chi connectivity index (χ4n) is 1.60. The highest BCUT2D eigenvalue weighted by Crippen LogP contribution is 2.08. The molecule has 1 atom stereocenters. The molecule has 1 rings (SSSR count). The number of nitrogens with zero attached hydrogens (tertiary/aromatic N) is 1. The Morgan fingerprint density at radius 2 is 2.05 bits per heavy atom. The number of rotatable bonds is 6. The Labute approximate surface area is 129 Å². The molecule has 1 heterocycles. The van der Waals surface area contributed by atoms with Gasteiger partial charge in [-0.3, -0.25) is 9.78 Å². The molecule has 22 heavy (non-hydrogen) atoms. The van der Waals surface area contributed by atoms with E-state index in [0.717, 1.165) is 6.20 Å². The van der Waals surface area contributed by atoms with E-state index in [1.165, 1.54) is 18.3 Å². The first-order valence-electron chi connectivity index (χ1n) is 6.68. The van der Waals surface area contributed by atoms with E-state index in [9.17, 15) is 18.0 Å². The molecule has 9 heteroatoms. The van der Waals surface area contributed by atoms with Crippen LogP contribution in [0.5, 0.6) is 0 Å². The van der Waals surface area contributed by atoms with Crippen LogP contribution in [0, 0.1) is 5.92 Å². The zero-order valence-corrected chi connectivity index (χ0v) is 13.4. The largest absolute Gasteiger partial charge is 0.450 e. The number of sulfonamides is 1. The van der Waals surface area contributed by atoms with Gasteiger partial charge < -0.3 is 10.1 Å². The first kappa shape index (κ1) is 17.9. The topological polar surface area (TPSA) is 114 Å². The van der Waals surface area contributed by atoms with Crippen LogP contribution in [0.2, 0.25) is 0 Å². The summed E-state index contributed by atoms with van der Waals surface area (Å²) in [6.07, 6.45) is 1.76. The summed E-state index contributed by atoms with van der Waals surface area (Å²) in [6.45, 7) is 5.11. The summed E-state index contributed by atoms with van der Waals surface area (Å²) in [6, 6.07) is 1.72. The van der Waals surface area contributed by atoms with E-state index < -0.39 is 28.1 Å². The van der Waals surface area contributed by atoms with Gasteiger partial charge >= 0.3 is 6.09 Å². The summed E-state index contributed by atoms with van der Waals surface area (Å²) < 4.78 is 30.8. The summed E-state index contributed by atoms with van der Waals surface area (Å²) in [7, 11) is -4.04. The molecule has 122 valence electrons. The summed E-state index contributed by atoms with van der Waals surface area (Å²) in [5.41, 5.74) is 0. The molecule has 0 radical (unpaired) electrons. The minimum Gasteiger partial charge on any atom is -0.450 e. The molecule has 0 aromatic carbocycles. The van der Waals surface area contributed by atoms with E-state index in [0.29, 0.717) is 0 Å². The lowest BCUT2D eigenvalue weighted by Crippen LogP contribution is -2.51. The van der Waals surface area contributed by atoms with Gasteiger partial charge in [-0.1, -0.05) is 13.8 Å². The van der Waals surface area contributed by atoms with Gasteiger partial charge in [0.1, 0.15) is 10.9 Å². The van der Waals surface area contributed by atoms with Crippen molar-refractivity contribution < 1.29 is 22.7 Å². The molecular weight excluding hydrogens is 310 g/mol. The van der Waals surface area contributed by atoms with Gasteiger partial charge in [-0.05, 0) is 25.0 Å². The summed E-state index contributed by atoms with van der Waals surface area (Å²) in [4.78, 5) is 27.1. The molecule has 0 aliphatic rings. The Hall–Kier alpha value is -2.16. The van der Waals surface area contributed by atoms with E-state index in [-0.39, 0.29) is 17.4 Å². The minimum absolute atomic E-state index is 0.137. The van der Waals surface area contributed by atoms with Gasteiger partial charge in [0.25, 0.3) is 15.9 Å². The maximum atomic E-state index is 12.1. The highest BCUT2D eigenvalue weighted by molar-refractivity contribution is 7.90. The molecule has 0 saturated carbocycles. The van der Waals surface area contributed by atoms with Crippen LogP contribution in [0.15, 0.2) is 29.4 Å². The van der Waals surface area contributed by atoms with E-state index in [1.807, 2.05) is 4.72 Å². The van der Waals surface area contributed by atoms with Gasteiger partial charge in [-0.15, -0.1) is 0 Å². The standard InChI is InChI=1S/C13H19N3O5S/c1-4-21-13(18)15-11(9(2)3)12(17)16-22(19,20)10-6-5-7-14-8-10/h5-9,11H,4H2,1-3H3,(H,15,18)(H,16,17). The number of alkyl carbamates (subject to hydrolysis) is 1. The average molecular weight is 329 g/mol. The van der Waals surface area contributed by atoms with Crippen LogP contribution < -0.4 is 10.0 Å². The van der Waals surface area contributed by atoms with Gasteiger partial charge in [0.2, 0.25) is 0 Å². The minimum atomic E-state index is -4.04. The van der Waals surface area contributed by atoms with Crippen molar-refractivity contribution in [3.63, 3.8) is 0 Å². The fourth-order valence-corrected chi connectivity index (χ4v) is 2.56. The summed E-state index contributed by atoms with van der Waals surface area (Å²) >= 11 is 0. The van der Waals surface area contributed by atoms with Gasteiger partial charge in [0.05, 0.1) is 6.61 Å². The maximum absolute atomic E-state index is 12.1. The molecule has 2 amide bonds. The van der Waals surface area contributed by atoms with E-state index in [4.69, 9.17) is 4.74 Å². The SMILES string of the molecule is CCOC(=O)NC(C(=O)NS(=O)(=O)c1cccnc1)C(C)C. The molecule has 1 aromatic rings. The van der Waals surface area contributed by atoms with E-state index in [1.54, 1.807) is 20.8 Å². The number of hydrogen-bond donors (Lipinski definition) is 2. The smallest absolute Gasteiger partial charge is 0.407 e. The molecule has 0 saturated heterocycles. The number of pyridine rings is 1. The molecule has 1 unspecified atom stereocenters. The number of hydrogen-bond acceptors (Lipinski definition) is 6. The second-order valence-corrected chi connectivity index (χ2v) is 6.43. The molecule has 0 aliphatic heterocycles. The molecule has 1 aromatic heterocycles. The van der Waals surface area contributed by atoms with Crippen molar-refractivity contribution in [3.05, 3.63) is 24.5 Å². The van der Waals surface area contributed by atoms with Gasteiger partial charge in [0, 0.05) is 12.4 Å². The molecule has 2 N–H and O–H groups in total. The van der Waals surface area contributed by atoms with Crippen molar-refractivity contribution in [2.24, 2.45) is 5.92 Å². The van der Waals surface area contributed by atoms with Crippen LogP contribution in [-0.2, 0) is 19.6 Å².